The first-order valence-corrected chi connectivity index (χ1v) is 7.85. The molecule has 2 saturated heterocycles. The third-order valence-electron chi connectivity index (χ3n) is 5.19. The van der Waals surface area contributed by atoms with Gasteiger partial charge in [0, 0.05) is 19.0 Å². The second-order valence-corrected chi connectivity index (χ2v) is 6.40. The van der Waals surface area contributed by atoms with Gasteiger partial charge in [-0.25, -0.2) is 0 Å². The summed E-state index contributed by atoms with van der Waals surface area (Å²) in [7, 11) is 0. The second-order valence-electron chi connectivity index (χ2n) is 6.40. The quantitative estimate of drug-likeness (QED) is 0.814. The summed E-state index contributed by atoms with van der Waals surface area (Å²) >= 11 is 0. The van der Waals surface area contributed by atoms with Gasteiger partial charge in [-0.05, 0) is 57.0 Å². The third kappa shape index (κ3) is 2.56. The van der Waals surface area contributed by atoms with Crippen LogP contribution in [-0.2, 0) is 4.79 Å². The molecule has 0 radical (unpaired) electrons. The Bertz CT molecular complexity index is 297. The predicted molar refractivity (Wildman–Crippen MR) is 72.3 cm³/mol. The summed E-state index contributed by atoms with van der Waals surface area (Å²) in [6.45, 7) is 3.18. The largest absolute Gasteiger partial charge is 0.339 e. The average Bonchev–Trinajstić information content (AvgIpc) is 2.91. The highest BCUT2D eigenvalue weighted by molar-refractivity contribution is 5.77. The molecule has 3 atom stereocenters. The molecule has 2 heterocycles. The minimum Gasteiger partial charge on any atom is -0.339 e. The van der Waals surface area contributed by atoms with Gasteiger partial charge in [0.1, 0.15) is 0 Å². The molecule has 1 aliphatic carbocycles. The maximum atomic E-state index is 12.5. The van der Waals surface area contributed by atoms with Crippen LogP contribution in [0.25, 0.3) is 0 Å². The zero-order chi connectivity index (χ0) is 12.4. The van der Waals surface area contributed by atoms with E-state index in [4.69, 9.17) is 0 Å². The van der Waals surface area contributed by atoms with Crippen molar-refractivity contribution in [1.82, 2.24) is 10.2 Å². The fraction of sp³-hybridized carbons (Fsp3) is 0.933. The van der Waals surface area contributed by atoms with Crippen LogP contribution in [0.1, 0.15) is 51.4 Å². The Labute approximate surface area is 110 Å². The number of hydrogen-bond donors (Lipinski definition) is 1. The molecule has 3 aliphatic rings. The van der Waals surface area contributed by atoms with Gasteiger partial charge in [0.25, 0.3) is 0 Å². The van der Waals surface area contributed by atoms with Crippen LogP contribution in [0.4, 0.5) is 0 Å². The van der Waals surface area contributed by atoms with E-state index in [0.29, 0.717) is 17.9 Å². The maximum Gasteiger partial charge on any atom is 0.223 e. The van der Waals surface area contributed by atoms with Crippen LogP contribution in [-0.4, -0.2) is 36.5 Å². The van der Waals surface area contributed by atoms with E-state index in [0.717, 1.165) is 32.0 Å². The van der Waals surface area contributed by atoms with Crippen molar-refractivity contribution >= 4 is 5.91 Å². The van der Waals surface area contributed by atoms with Crippen molar-refractivity contribution in [3.05, 3.63) is 0 Å². The summed E-state index contributed by atoms with van der Waals surface area (Å²) in [6.07, 6.45) is 9.91. The van der Waals surface area contributed by atoms with Gasteiger partial charge in [0.2, 0.25) is 5.91 Å². The van der Waals surface area contributed by atoms with Crippen LogP contribution in [0.3, 0.4) is 0 Å². The number of fused-ring (bicyclic) bond motifs is 1. The van der Waals surface area contributed by atoms with Gasteiger partial charge in [-0.15, -0.1) is 0 Å². The molecule has 0 spiro atoms. The van der Waals surface area contributed by atoms with Gasteiger partial charge in [0.05, 0.1) is 0 Å². The minimum absolute atomic E-state index is 0.445. The average molecular weight is 250 g/mol. The lowest BCUT2D eigenvalue weighted by molar-refractivity contribution is -0.138. The molecule has 1 saturated carbocycles. The van der Waals surface area contributed by atoms with E-state index >= 15 is 0 Å². The lowest BCUT2D eigenvalue weighted by atomic mass is 9.78. The lowest BCUT2D eigenvalue weighted by Gasteiger charge is -2.44. The van der Waals surface area contributed by atoms with Crippen LogP contribution >= 0.6 is 0 Å². The summed E-state index contributed by atoms with van der Waals surface area (Å²) in [5.74, 6) is 1.86. The van der Waals surface area contributed by atoms with E-state index in [1.165, 1.54) is 44.9 Å². The van der Waals surface area contributed by atoms with E-state index in [1.807, 2.05) is 0 Å². The Morgan fingerprint density at radius 1 is 1.11 bits per heavy atom. The molecular weight excluding hydrogens is 224 g/mol. The predicted octanol–water partition coefficient (Wildman–Crippen LogP) is 2.17. The third-order valence-corrected chi connectivity index (χ3v) is 5.19. The normalized spacial score (nSPS) is 36.4. The number of carbonyl (C=O) groups is 1. The molecule has 0 aromatic carbocycles. The SMILES string of the molecule is O=C(CC1CCNC1)N1CCC[C@H]2CCCC[C@H]21. The van der Waals surface area contributed by atoms with Crippen molar-refractivity contribution in [2.24, 2.45) is 11.8 Å². The number of nitrogens with one attached hydrogen (secondary N) is 1. The number of carbonyl (C=O) groups excluding carboxylic acids is 1. The van der Waals surface area contributed by atoms with Gasteiger partial charge in [-0.1, -0.05) is 12.8 Å². The maximum absolute atomic E-state index is 12.5. The van der Waals surface area contributed by atoms with E-state index in [-0.39, 0.29) is 0 Å². The highest BCUT2D eigenvalue weighted by atomic mass is 16.2. The standard InChI is InChI=1S/C15H26N2O/c18-15(10-12-7-8-16-11-12)17-9-3-5-13-4-1-2-6-14(13)17/h12-14,16H,1-11H2/t12?,13-,14-/m1/s1. The molecule has 1 unspecified atom stereocenters. The number of nitrogens with zero attached hydrogens (tertiary/aromatic N) is 1. The second kappa shape index (κ2) is 5.60. The number of piperidine rings is 1. The molecule has 3 fully saturated rings. The van der Waals surface area contributed by atoms with Crippen LogP contribution in [0, 0.1) is 11.8 Å². The molecular formula is C15H26N2O. The van der Waals surface area contributed by atoms with E-state index in [1.54, 1.807) is 0 Å². The fourth-order valence-electron chi connectivity index (χ4n) is 4.19. The Balaban J connectivity index is 1.60. The highest BCUT2D eigenvalue weighted by Crippen LogP contribution is 2.35. The van der Waals surface area contributed by atoms with Crippen LogP contribution in [0.2, 0.25) is 0 Å². The molecule has 0 aromatic heterocycles. The summed E-state index contributed by atoms with van der Waals surface area (Å²) in [5.41, 5.74) is 0. The van der Waals surface area contributed by atoms with Gasteiger partial charge >= 0.3 is 0 Å². The number of amides is 1. The molecule has 0 bridgehead atoms. The topological polar surface area (TPSA) is 32.3 Å². The lowest BCUT2D eigenvalue weighted by Crippen LogP contribution is -2.50. The van der Waals surface area contributed by atoms with Crippen molar-refractivity contribution in [2.75, 3.05) is 19.6 Å². The number of hydrogen-bond acceptors (Lipinski definition) is 2. The first-order chi connectivity index (χ1) is 8.84. The smallest absolute Gasteiger partial charge is 0.223 e. The monoisotopic (exact) mass is 250 g/mol. The van der Waals surface area contributed by atoms with Crippen molar-refractivity contribution < 1.29 is 4.79 Å². The van der Waals surface area contributed by atoms with Crippen molar-refractivity contribution in [1.29, 1.82) is 0 Å². The van der Waals surface area contributed by atoms with Crippen molar-refractivity contribution in [3.63, 3.8) is 0 Å². The van der Waals surface area contributed by atoms with Crippen LogP contribution in [0.15, 0.2) is 0 Å². The fourth-order valence-corrected chi connectivity index (χ4v) is 4.19. The molecule has 102 valence electrons. The number of rotatable bonds is 2. The zero-order valence-electron chi connectivity index (χ0n) is 11.4. The first kappa shape index (κ1) is 12.5. The van der Waals surface area contributed by atoms with Gasteiger partial charge in [0.15, 0.2) is 0 Å². The van der Waals surface area contributed by atoms with Crippen LogP contribution < -0.4 is 5.32 Å². The summed E-state index contributed by atoms with van der Waals surface area (Å²) < 4.78 is 0. The van der Waals surface area contributed by atoms with Crippen molar-refractivity contribution in [3.8, 4) is 0 Å². The Hall–Kier alpha value is -0.570. The molecule has 1 N–H and O–H groups in total. The van der Waals surface area contributed by atoms with E-state index in [2.05, 4.69) is 10.2 Å². The Morgan fingerprint density at radius 3 is 2.78 bits per heavy atom. The van der Waals surface area contributed by atoms with Gasteiger partial charge in [-0.2, -0.15) is 0 Å². The summed E-state index contributed by atoms with van der Waals surface area (Å²) in [4.78, 5) is 14.8. The Kier molecular flexibility index (Phi) is 3.88. The van der Waals surface area contributed by atoms with Crippen LogP contribution in [0.5, 0.6) is 0 Å². The molecule has 1 amide bonds. The highest BCUT2D eigenvalue weighted by Gasteiger charge is 2.36. The summed E-state index contributed by atoms with van der Waals surface area (Å²) in [6, 6.07) is 0.592. The molecule has 3 nitrogen and oxygen atoms in total. The van der Waals surface area contributed by atoms with Gasteiger partial charge < -0.3 is 10.2 Å². The molecule has 3 heteroatoms. The number of likely N-dealkylation sites (tertiary alicyclic amines) is 1. The summed E-state index contributed by atoms with van der Waals surface area (Å²) in [5, 5.41) is 3.37. The van der Waals surface area contributed by atoms with E-state index < -0.39 is 0 Å². The minimum atomic E-state index is 0.445. The first-order valence-electron chi connectivity index (χ1n) is 7.85. The molecule has 2 aliphatic heterocycles. The van der Waals surface area contributed by atoms with E-state index in [9.17, 15) is 4.79 Å². The molecule has 18 heavy (non-hydrogen) atoms. The molecule has 3 rings (SSSR count). The van der Waals surface area contributed by atoms with Crippen molar-refractivity contribution in [2.45, 2.75) is 57.4 Å². The molecule has 0 aromatic rings. The van der Waals surface area contributed by atoms with Gasteiger partial charge in [-0.3, -0.25) is 4.79 Å². The Morgan fingerprint density at radius 2 is 1.94 bits per heavy atom. The zero-order valence-corrected chi connectivity index (χ0v) is 11.4.